The Morgan fingerprint density at radius 2 is 1.73 bits per heavy atom. The Bertz CT molecular complexity index is 727. The molecule has 0 aliphatic carbocycles. The molecule has 0 aromatic heterocycles. The quantitative estimate of drug-likeness (QED) is 0.695. The molecule has 1 heterocycles. The number of hydrogen-bond donors (Lipinski definition) is 1. The number of nitrogens with one attached hydrogen (secondary N) is 1. The Labute approximate surface area is 125 Å². The molecule has 0 radical (unpaired) electrons. The van der Waals surface area contributed by atoms with Crippen molar-refractivity contribution in [3.63, 3.8) is 0 Å². The molecule has 0 spiro atoms. The first-order valence-corrected chi connectivity index (χ1v) is 6.59. The van der Waals surface area contributed by atoms with Gasteiger partial charge in [-0.25, -0.2) is 0 Å². The van der Waals surface area contributed by atoms with Crippen LogP contribution in [0.4, 0.5) is 11.4 Å². The number of rotatable bonds is 3. The van der Waals surface area contributed by atoms with Gasteiger partial charge in [0.25, 0.3) is 11.6 Å². The average molecular weight is 300 g/mol. The van der Waals surface area contributed by atoms with Crippen LogP contribution in [0.25, 0.3) is 0 Å². The van der Waals surface area contributed by atoms with E-state index in [9.17, 15) is 14.9 Å². The number of fused-ring (bicyclic) bond motifs is 1. The molecule has 1 aliphatic heterocycles. The highest BCUT2D eigenvalue weighted by Crippen LogP contribution is 2.31. The molecule has 0 atom stereocenters. The van der Waals surface area contributed by atoms with E-state index in [-0.39, 0.29) is 11.6 Å². The maximum absolute atomic E-state index is 12.2. The largest absolute Gasteiger partial charge is 0.486 e. The van der Waals surface area contributed by atoms with E-state index in [1.165, 1.54) is 24.3 Å². The van der Waals surface area contributed by atoms with Crippen molar-refractivity contribution in [3.8, 4) is 11.5 Å². The monoisotopic (exact) mass is 300 g/mol. The number of non-ortho nitro benzene ring substituents is 1. The average Bonchev–Trinajstić information content (AvgIpc) is 2.55. The molecule has 3 rings (SSSR count). The third-order valence-corrected chi connectivity index (χ3v) is 3.14. The normalized spacial score (nSPS) is 12.5. The van der Waals surface area contributed by atoms with E-state index >= 15 is 0 Å². The zero-order valence-electron chi connectivity index (χ0n) is 11.4. The fraction of sp³-hybridized carbons (Fsp3) is 0.133. The number of carbonyl (C=O) groups is 1. The third-order valence-electron chi connectivity index (χ3n) is 3.14. The van der Waals surface area contributed by atoms with Crippen molar-refractivity contribution in [1.82, 2.24) is 0 Å². The van der Waals surface area contributed by atoms with Crippen molar-refractivity contribution in [3.05, 3.63) is 58.1 Å². The zero-order valence-corrected chi connectivity index (χ0v) is 11.4. The summed E-state index contributed by atoms with van der Waals surface area (Å²) in [4.78, 5) is 22.3. The maximum atomic E-state index is 12.2. The second-order valence-electron chi connectivity index (χ2n) is 4.62. The molecule has 1 amide bonds. The van der Waals surface area contributed by atoms with Gasteiger partial charge >= 0.3 is 0 Å². The molecule has 0 saturated heterocycles. The summed E-state index contributed by atoms with van der Waals surface area (Å²) in [6, 6.07) is 10.5. The van der Waals surface area contributed by atoms with Crippen LogP contribution in [0.2, 0.25) is 0 Å². The van der Waals surface area contributed by atoms with E-state index in [4.69, 9.17) is 9.47 Å². The van der Waals surface area contributed by atoms with Gasteiger partial charge in [0.15, 0.2) is 11.5 Å². The zero-order chi connectivity index (χ0) is 15.5. The van der Waals surface area contributed by atoms with E-state index in [0.717, 1.165) is 0 Å². The fourth-order valence-electron chi connectivity index (χ4n) is 2.05. The SMILES string of the molecule is O=C(Nc1ccc([N+](=O)[O-])cc1)c1ccc2c(c1)OCCO2. The van der Waals surface area contributed by atoms with Gasteiger partial charge in [-0.05, 0) is 30.3 Å². The van der Waals surface area contributed by atoms with Crippen LogP contribution in [0, 0.1) is 10.1 Å². The van der Waals surface area contributed by atoms with Gasteiger partial charge in [-0.3, -0.25) is 14.9 Å². The lowest BCUT2D eigenvalue weighted by Gasteiger charge is -2.18. The van der Waals surface area contributed by atoms with E-state index < -0.39 is 4.92 Å². The molecule has 1 N–H and O–H groups in total. The molecular weight excluding hydrogens is 288 g/mol. The highest BCUT2D eigenvalue weighted by atomic mass is 16.6. The molecule has 0 saturated carbocycles. The Kier molecular flexibility index (Phi) is 3.61. The van der Waals surface area contributed by atoms with Crippen LogP contribution >= 0.6 is 0 Å². The molecule has 112 valence electrons. The van der Waals surface area contributed by atoms with Gasteiger partial charge in [-0.1, -0.05) is 0 Å². The standard InChI is InChI=1S/C15H12N2O5/c18-15(16-11-2-4-12(5-3-11)17(19)20)10-1-6-13-14(9-10)22-8-7-21-13/h1-6,9H,7-8H2,(H,16,18). The minimum Gasteiger partial charge on any atom is -0.486 e. The van der Waals surface area contributed by atoms with Gasteiger partial charge < -0.3 is 14.8 Å². The van der Waals surface area contributed by atoms with Gasteiger partial charge in [-0.2, -0.15) is 0 Å². The summed E-state index contributed by atoms with van der Waals surface area (Å²) in [5, 5.41) is 13.3. The fourth-order valence-corrected chi connectivity index (χ4v) is 2.05. The minimum atomic E-state index is -0.494. The van der Waals surface area contributed by atoms with Crippen LogP contribution in [0.5, 0.6) is 11.5 Å². The van der Waals surface area contributed by atoms with Gasteiger partial charge in [0.2, 0.25) is 0 Å². The number of anilines is 1. The Balaban J connectivity index is 1.75. The van der Waals surface area contributed by atoms with Crippen LogP contribution in [0.3, 0.4) is 0 Å². The highest BCUT2D eigenvalue weighted by molar-refractivity contribution is 6.04. The summed E-state index contributed by atoms with van der Waals surface area (Å²) in [6.07, 6.45) is 0. The van der Waals surface area contributed by atoms with Crippen molar-refractivity contribution >= 4 is 17.3 Å². The summed E-state index contributed by atoms with van der Waals surface area (Å²) in [5.41, 5.74) is 0.866. The third kappa shape index (κ3) is 2.83. The molecule has 2 aromatic rings. The number of nitro groups is 1. The number of carbonyl (C=O) groups excluding carboxylic acids is 1. The first kappa shape index (κ1) is 13.9. The van der Waals surface area contributed by atoms with E-state index in [1.807, 2.05) is 0 Å². The predicted molar refractivity (Wildman–Crippen MR) is 78.5 cm³/mol. The molecule has 22 heavy (non-hydrogen) atoms. The molecule has 2 aromatic carbocycles. The lowest BCUT2D eigenvalue weighted by atomic mass is 10.1. The number of benzene rings is 2. The van der Waals surface area contributed by atoms with Crippen LogP contribution in [0.15, 0.2) is 42.5 Å². The predicted octanol–water partition coefficient (Wildman–Crippen LogP) is 2.62. The van der Waals surface area contributed by atoms with Gasteiger partial charge in [0.05, 0.1) is 4.92 Å². The summed E-state index contributed by atoms with van der Waals surface area (Å²) >= 11 is 0. The first-order chi connectivity index (χ1) is 10.6. The summed E-state index contributed by atoms with van der Waals surface area (Å²) in [6.45, 7) is 0.932. The molecule has 0 unspecified atom stereocenters. The minimum absolute atomic E-state index is 0.0303. The van der Waals surface area contributed by atoms with Crippen LogP contribution in [-0.4, -0.2) is 24.0 Å². The van der Waals surface area contributed by atoms with Crippen molar-refractivity contribution in [1.29, 1.82) is 0 Å². The van der Waals surface area contributed by atoms with E-state index in [1.54, 1.807) is 18.2 Å². The van der Waals surface area contributed by atoms with Crippen LogP contribution in [-0.2, 0) is 0 Å². The number of nitro benzene ring substituents is 1. The second-order valence-corrected chi connectivity index (χ2v) is 4.62. The first-order valence-electron chi connectivity index (χ1n) is 6.59. The number of hydrogen-bond acceptors (Lipinski definition) is 5. The lowest BCUT2D eigenvalue weighted by molar-refractivity contribution is -0.384. The van der Waals surface area contributed by atoms with Gasteiger partial charge in [0, 0.05) is 23.4 Å². The molecule has 0 bridgehead atoms. The van der Waals surface area contributed by atoms with Crippen molar-refractivity contribution in [2.75, 3.05) is 18.5 Å². The Morgan fingerprint density at radius 1 is 1.05 bits per heavy atom. The van der Waals surface area contributed by atoms with Crippen LogP contribution in [0.1, 0.15) is 10.4 Å². The van der Waals surface area contributed by atoms with Crippen molar-refractivity contribution < 1.29 is 19.2 Å². The van der Waals surface area contributed by atoms with E-state index in [0.29, 0.717) is 36.0 Å². The summed E-state index contributed by atoms with van der Waals surface area (Å²) < 4.78 is 10.8. The molecular formula is C15H12N2O5. The van der Waals surface area contributed by atoms with E-state index in [2.05, 4.69) is 5.32 Å². The Morgan fingerprint density at radius 3 is 2.41 bits per heavy atom. The van der Waals surface area contributed by atoms with Gasteiger partial charge in [-0.15, -0.1) is 0 Å². The summed E-state index contributed by atoms with van der Waals surface area (Å²) in [5.74, 6) is 0.812. The molecule has 0 fully saturated rings. The van der Waals surface area contributed by atoms with Gasteiger partial charge in [0.1, 0.15) is 13.2 Å². The van der Waals surface area contributed by atoms with Crippen molar-refractivity contribution in [2.24, 2.45) is 0 Å². The summed E-state index contributed by atoms with van der Waals surface area (Å²) in [7, 11) is 0. The number of nitrogens with zero attached hydrogens (tertiary/aromatic N) is 1. The number of amides is 1. The molecule has 7 heteroatoms. The Hall–Kier alpha value is -3.09. The lowest BCUT2D eigenvalue weighted by Crippen LogP contribution is -2.17. The maximum Gasteiger partial charge on any atom is 0.269 e. The van der Waals surface area contributed by atoms with Crippen LogP contribution < -0.4 is 14.8 Å². The second kappa shape index (κ2) is 5.72. The molecule has 7 nitrogen and oxygen atoms in total. The molecule has 1 aliphatic rings. The smallest absolute Gasteiger partial charge is 0.269 e. The number of ether oxygens (including phenoxy) is 2. The van der Waals surface area contributed by atoms with Crippen molar-refractivity contribution in [2.45, 2.75) is 0 Å². The highest BCUT2D eigenvalue weighted by Gasteiger charge is 2.15. The topological polar surface area (TPSA) is 90.7 Å².